The second-order valence-corrected chi connectivity index (χ2v) is 10.9. The number of unbranched alkanes of at least 4 members (excludes halogenated alkanes) is 15. The van der Waals surface area contributed by atoms with E-state index in [1.54, 1.807) is 4.90 Å². The minimum atomic E-state index is -0.728. The smallest absolute Gasteiger partial charge is 0.143 e. The lowest BCUT2D eigenvalue weighted by Crippen LogP contribution is -3.05. The van der Waals surface area contributed by atoms with E-state index in [1.165, 1.54) is 103 Å². The molecule has 0 aliphatic rings. The van der Waals surface area contributed by atoms with Crippen LogP contribution in [0.1, 0.15) is 115 Å². The first-order chi connectivity index (χ1) is 14.5. The summed E-state index contributed by atoms with van der Waals surface area (Å²) >= 11 is 13.0. The topological polar surface area (TPSA) is 4.44 Å². The van der Waals surface area contributed by atoms with Crippen LogP contribution in [0.2, 0.25) is 0 Å². The van der Waals surface area contributed by atoms with Gasteiger partial charge in [-0.15, -0.1) is 0 Å². The van der Waals surface area contributed by atoms with Crippen molar-refractivity contribution in [1.82, 2.24) is 0 Å². The SMILES string of the molecule is C[NH+](C)CCCCCCCCCCCCCCCCCCC(Cl)(Cl)c1ccccc1.[Cl-]. The van der Waals surface area contributed by atoms with Crippen molar-refractivity contribution in [3.05, 3.63) is 35.9 Å². The Hall–Kier alpha value is 0.0500. The zero-order valence-electron chi connectivity index (χ0n) is 20.2. The van der Waals surface area contributed by atoms with Gasteiger partial charge in [0.25, 0.3) is 0 Å². The molecule has 0 aliphatic carbocycles. The molecule has 0 saturated carbocycles. The molecule has 0 atom stereocenters. The quantitative estimate of drug-likeness (QED) is 0.191. The third-order valence-electron chi connectivity index (χ3n) is 6.11. The van der Waals surface area contributed by atoms with Crippen LogP contribution >= 0.6 is 23.2 Å². The second kappa shape index (κ2) is 20.6. The number of benzene rings is 1. The summed E-state index contributed by atoms with van der Waals surface area (Å²) in [7, 11) is 4.50. The molecule has 1 N–H and O–H groups in total. The van der Waals surface area contributed by atoms with Crippen LogP contribution < -0.4 is 17.3 Å². The molecule has 1 aromatic carbocycles. The molecule has 0 bridgehead atoms. The van der Waals surface area contributed by atoms with Gasteiger partial charge in [0.1, 0.15) is 4.33 Å². The van der Waals surface area contributed by atoms with E-state index in [-0.39, 0.29) is 12.4 Å². The molecule has 0 spiro atoms. The third kappa shape index (κ3) is 18.2. The Labute approximate surface area is 210 Å². The van der Waals surface area contributed by atoms with Crippen molar-refractivity contribution in [3.8, 4) is 0 Å². The van der Waals surface area contributed by atoms with Crippen molar-refractivity contribution in [3.63, 3.8) is 0 Å². The van der Waals surface area contributed by atoms with Crippen LogP contribution in [0.25, 0.3) is 0 Å². The van der Waals surface area contributed by atoms with E-state index >= 15 is 0 Å². The van der Waals surface area contributed by atoms with E-state index < -0.39 is 4.33 Å². The first kappa shape index (κ1) is 31.0. The molecule has 0 saturated heterocycles. The lowest BCUT2D eigenvalue weighted by atomic mass is 10.0. The van der Waals surface area contributed by atoms with Crippen molar-refractivity contribution in [2.75, 3.05) is 20.6 Å². The molecular formula is C27H48Cl3N. The first-order valence-corrected chi connectivity index (χ1v) is 13.5. The number of alkyl halides is 2. The number of hydrogen-bond acceptors (Lipinski definition) is 0. The zero-order chi connectivity index (χ0) is 21.9. The Balaban J connectivity index is 0.00000900. The molecule has 0 heterocycles. The van der Waals surface area contributed by atoms with Crippen LogP contribution in [0, 0.1) is 0 Å². The predicted octanol–water partition coefficient (Wildman–Crippen LogP) is 5.10. The molecule has 31 heavy (non-hydrogen) atoms. The third-order valence-corrected chi connectivity index (χ3v) is 6.93. The molecule has 4 heteroatoms. The van der Waals surface area contributed by atoms with E-state index in [1.807, 2.05) is 30.3 Å². The fourth-order valence-electron chi connectivity index (χ4n) is 4.13. The Morgan fingerprint density at radius 2 is 0.935 bits per heavy atom. The van der Waals surface area contributed by atoms with Crippen LogP contribution in [-0.4, -0.2) is 20.6 Å². The van der Waals surface area contributed by atoms with Crippen molar-refractivity contribution in [2.45, 2.75) is 113 Å². The summed E-state index contributed by atoms with van der Waals surface area (Å²) in [6.45, 7) is 1.33. The fourth-order valence-corrected chi connectivity index (χ4v) is 4.65. The molecule has 0 aliphatic heterocycles. The van der Waals surface area contributed by atoms with Gasteiger partial charge in [0.2, 0.25) is 0 Å². The standard InChI is InChI=1S/C27H47Cl2N.ClH/c1-30(2)25-21-16-14-12-10-8-6-4-3-5-7-9-11-13-15-20-24-27(28,29)26-22-18-17-19-23-26;/h17-19,22-23H,3-16,20-21,24-25H2,1-2H3;1H. The maximum absolute atomic E-state index is 6.51. The van der Waals surface area contributed by atoms with Gasteiger partial charge in [0.05, 0.1) is 20.6 Å². The minimum absolute atomic E-state index is 0. The van der Waals surface area contributed by atoms with E-state index in [0.29, 0.717) is 0 Å². The van der Waals surface area contributed by atoms with E-state index in [4.69, 9.17) is 23.2 Å². The fraction of sp³-hybridized carbons (Fsp3) is 0.778. The Morgan fingerprint density at radius 3 is 1.32 bits per heavy atom. The molecular weight excluding hydrogens is 445 g/mol. The molecule has 0 unspecified atom stereocenters. The monoisotopic (exact) mass is 491 g/mol. The Kier molecular flexibility index (Phi) is 20.7. The number of quaternary nitrogens is 1. The lowest BCUT2D eigenvalue weighted by Gasteiger charge is -2.19. The highest BCUT2D eigenvalue weighted by molar-refractivity contribution is 6.48. The summed E-state index contributed by atoms with van der Waals surface area (Å²) in [5.74, 6) is 0. The lowest BCUT2D eigenvalue weighted by molar-refractivity contribution is -0.858. The molecule has 1 nitrogen and oxygen atoms in total. The maximum Gasteiger partial charge on any atom is 0.143 e. The average molecular weight is 493 g/mol. The van der Waals surface area contributed by atoms with E-state index in [0.717, 1.165) is 18.4 Å². The summed E-state index contributed by atoms with van der Waals surface area (Å²) in [5, 5.41) is 0. The minimum Gasteiger partial charge on any atom is -1.00 e. The molecule has 0 radical (unpaired) electrons. The number of halogens is 3. The van der Waals surface area contributed by atoms with Gasteiger partial charge >= 0.3 is 0 Å². The van der Waals surface area contributed by atoms with Gasteiger partial charge in [0.15, 0.2) is 0 Å². The molecule has 0 fully saturated rings. The zero-order valence-corrected chi connectivity index (χ0v) is 22.5. The Bertz CT molecular complexity index is 491. The summed E-state index contributed by atoms with van der Waals surface area (Å²) in [6.07, 6.45) is 23.0. The van der Waals surface area contributed by atoms with Gasteiger partial charge in [-0.3, -0.25) is 0 Å². The predicted molar refractivity (Wildman–Crippen MR) is 136 cm³/mol. The summed E-state index contributed by atoms with van der Waals surface area (Å²) in [6, 6.07) is 10.1. The molecule has 1 aromatic rings. The average Bonchev–Trinajstić information content (AvgIpc) is 2.73. The van der Waals surface area contributed by atoms with Crippen molar-refractivity contribution in [2.24, 2.45) is 0 Å². The van der Waals surface area contributed by atoms with Crippen molar-refractivity contribution in [1.29, 1.82) is 0 Å². The van der Waals surface area contributed by atoms with Gasteiger partial charge in [-0.25, -0.2) is 0 Å². The van der Waals surface area contributed by atoms with Crippen LogP contribution in [-0.2, 0) is 4.33 Å². The van der Waals surface area contributed by atoms with Crippen molar-refractivity contribution < 1.29 is 17.3 Å². The summed E-state index contributed by atoms with van der Waals surface area (Å²) < 4.78 is -0.728. The highest BCUT2D eigenvalue weighted by Gasteiger charge is 2.25. The second-order valence-electron chi connectivity index (χ2n) is 9.43. The molecule has 0 amide bonds. The highest BCUT2D eigenvalue weighted by atomic mass is 35.5. The van der Waals surface area contributed by atoms with Gasteiger partial charge in [-0.05, 0) is 24.8 Å². The van der Waals surface area contributed by atoms with Gasteiger partial charge in [-0.1, -0.05) is 143 Å². The van der Waals surface area contributed by atoms with Crippen LogP contribution in [0.15, 0.2) is 30.3 Å². The van der Waals surface area contributed by atoms with Gasteiger partial charge in [0, 0.05) is 0 Å². The van der Waals surface area contributed by atoms with Crippen molar-refractivity contribution >= 4 is 23.2 Å². The summed E-state index contributed by atoms with van der Waals surface area (Å²) in [5.41, 5.74) is 1.02. The van der Waals surface area contributed by atoms with Gasteiger partial charge in [-0.2, -0.15) is 0 Å². The van der Waals surface area contributed by atoms with E-state index in [2.05, 4.69) is 14.1 Å². The number of rotatable bonds is 20. The molecule has 1 rings (SSSR count). The maximum atomic E-state index is 6.51. The normalized spacial score (nSPS) is 11.6. The largest absolute Gasteiger partial charge is 1.00 e. The van der Waals surface area contributed by atoms with Crippen LogP contribution in [0.3, 0.4) is 0 Å². The van der Waals surface area contributed by atoms with Gasteiger partial charge < -0.3 is 17.3 Å². The first-order valence-electron chi connectivity index (χ1n) is 12.7. The summed E-state index contributed by atoms with van der Waals surface area (Å²) in [4.78, 5) is 1.59. The molecule has 0 aromatic heterocycles. The highest BCUT2D eigenvalue weighted by Crippen LogP contribution is 2.38. The number of hydrogen-bond donors (Lipinski definition) is 1. The van der Waals surface area contributed by atoms with Crippen LogP contribution in [0.5, 0.6) is 0 Å². The van der Waals surface area contributed by atoms with E-state index in [9.17, 15) is 0 Å². The molecule has 182 valence electrons. The number of nitrogens with one attached hydrogen (secondary N) is 1. The van der Waals surface area contributed by atoms with Crippen LogP contribution in [0.4, 0.5) is 0 Å². The Morgan fingerprint density at radius 1 is 0.581 bits per heavy atom.